The average molecular weight is 295 g/mol. The Kier molecular flexibility index (Phi) is 4.08. The molecule has 0 bridgehead atoms. The van der Waals surface area contributed by atoms with Crippen molar-refractivity contribution < 1.29 is 14.7 Å². The van der Waals surface area contributed by atoms with E-state index in [1.807, 2.05) is 13.8 Å². The largest absolute Gasteiger partial charge is 0.476 e. The Morgan fingerprint density at radius 1 is 1.55 bits per heavy atom. The highest BCUT2D eigenvalue weighted by molar-refractivity contribution is 7.11. The van der Waals surface area contributed by atoms with E-state index in [4.69, 9.17) is 5.11 Å². The van der Waals surface area contributed by atoms with Gasteiger partial charge in [-0.05, 0) is 13.8 Å². The van der Waals surface area contributed by atoms with Crippen molar-refractivity contribution in [2.75, 3.05) is 0 Å². The van der Waals surface area contributed by atoms with Crippen molar-refractivity contribution in [1.29, 1.82) is 0 Å². The second kappa shape index (κ2) is 5.78. The lowest BCUT2D eigenvalue weighted by molar-refractivity contribution is -0.122. The van der Waals surface area contributed by atoms with Crippen molar-refractivity contribution in [2.24, 2.45) is 0 Å². The smallest absolute Gasteiger partial charge is 0.358 e. The van der Waals surface area contributed by atoms with Crippen LogP contribution in [0, 0.1) is 6.92 Å². The van der Waals surface area contributed by atoms with Crippen molar-refractivity contribution in [3.05, 3.63) is 28.0 Å². The molecule has 20 heavy (non-hydrogen) atoms. The number of nitrogens with zero attached hydrogens (tertiary/aromatic N) is 4. The zero-order chi connectivity index (χ0) is 14.7. The lowest BCUT2D eigenvalue weighted by atomic mass is 10.3. The Bertz CT molecular complexity index is 636. The molecule has 0 aromatic carbocycles. The fourth-order valence-corrected chi connectivity index (χ4v) is 2.32. The van der Waals surface area contributed by atoms with Crippen LogP contribution in [0.5, 0.6) is 0 Å². The molecule has 8 nitrogen and oxygen atoms in total. The Balaban J connectivity index is 1.93. The number of rotatable bonds is 5. The highest BCUT2D eigenvalue weighted by Crippen LogP contribution is 2.18. The molecule has 2 aromatic rings. The molecule has 0 aliphatic carbocycles. The molecule has 2 heterocycles. The molecule has 2 N–H and O–H groups in total. The van der Waals surface area contributed by atoms with Gasteiger partial charge >= 0.3 is 5.97 Å². The van der Waals surface area contributed by atoms with Gasteiger partial charge in [-0.1, -0.05) is 5.21 Å². The summed E-state index contributed by atoms with van der Waals surface area (Å²) < 4.78 is 1.18. The van der Waals surface area contributed by atoms with Gasteiger partial charge in [0, 0.05) is 11.1 Å². The number of aromatic carboxylic acids is 1. The number of aromatic nitrogens is 4. The van der Waals surface area contributed by atoms with Crippen LogP contribution in [0.25, 0.3) is 0 Å². The van der Waals surface area contributed by atoms with E-state index in [1.165, 1.54) is 22.2 Å². The molecule has 9 heteroatoms. The first-order valence-electron chi connectivity index (χ1n) is 5.81. The van der Waals surface area contributed by atoms with Crippen LogP contribution in [-0.4, -0.2) is 37.0 Å². The second-order valence-electron chi connectivity index (χ2n) is 4.20. The van der Waals surface area contributed by atoms with Crippen LogP contribution in [0.2, 0.25) is 0 Å². The predicted octanol–water partition coefficient (Wildman–Crippen LogP) is 0.619. The molecule has 0 saturated carbocycles. The van der Waals surface area contributed by atoms with Crippen LogP contribution in [0.3, 0.4) is 0 Å². The summed E-state index contributed by atoms with van der Waals surface area (Å²) in [5.41, 5.74) is -0.193. The van der Waals surface area contributed by atoms with Crippen LogP contribution < -0.4 is 5.32 Å². The predicted molar refractivity (Wildman–Crippen MR) is 70.4 cm³/mol. The van der Waals surface area contributed by atoms with Gasteiger partial charge < -0.3 is 10.4 Å². The van der Waals surface area contributed by atoms with Gasteiger partial charge in [0.25, 0.3) is 0 Å². The lowest BCUT2D eigenvalue weighted by Gasteiger charge is -2.10. The van der Waals surface area contributed by atoms with Gasteiger partial charge in [-0.25, -0.2) is 14.5 Å². The molecule has 0 saturated heterocycles. The summed E-state index contributed by atoms with van der Waals surface area (Å²) in [6.07, 6.45) is 2.96. The van der Waals surface area contributed by atoms with Crippen molar-refractivity contribution in [2.45, 2.75) is 26.4 Å². The Morgan fingerprint density at radius 3 is 2.85 bits per heavy atom. The molecular weight excluding hydrogens is 282 g/mol. The third kappa shape index (κ3) is 3.38. The number of carboxylic acid groups (broad SMARTS) is 1. The van der Waals surface area contributed by atoms with E-state index in [2.05, 4.69) is 20.6 Å². The summed E-state index contributed by atoms with van der Waals surface area (Å²) >= 11 is 1.51. The Hall–Kier alpha value is -2.29. The average Bonchev–Trinajstić information content (AvgIpc) is 2.98. The topological polar surface area (TPSA) is 110 Å². The first-order chi connectivity index (χ1) is 9.45. The van der Waals surface area contributed by atoms with Crippen molar-refractivity contribution >= 4 is 23.2 Å². The minimum absolute atomic E-state index is 0.0883. The number of carbonyl (C=O) groups excluding carboxylic acids is 1. The van der Waals surface area contributed by atoms with E-state index in [9.17, 15) is 9.59 Å². The van der Waals surface area contributed by atoms with Gasteiger partial charge in [0.1, 0.15) is 11.6 Å². The van der Waals surface area contributed by atoms with Crippen LogP contribution in [0.15, 0.2) is 12.4 Å². The van der Waals surface area contributed by atoms with Gasteiger partial charge in [0.05, 0.1) is 12.2 Å². The van der Waals surface area contributed by atoms with Crippen molar-refractivity contribution in [1.82, 2.24) is 25.3 Å². The van der Waals surface area contributed by atoms with E-state index in [0.717, 1.165) is 9.88 Å². The Labute approximate surface area is 118 Å². The summed E-state index contributed by atoms with van der Waals surface area (Å²) in [4.78, 5) is 27.7. The van der Waals surface area contributed by atoms with Gasteiger partial charge in [-0.3, -0.25) is 4.79 Å². The highest BCUT2D eigenvalue weighted by atomic mass is 32.1. The molecule has 0 aliphatic heterocycles. The molecule has 0 aliphatic rings. The van der Waals surface area contributed by atoms with E-state index in [1.54, 1.807) is 6.20 Å². The van der Waals surface area contributed by atoms with Gasteiger partial charge in [-0.15, -0.1) is 16.4 Å². The van der Waals surface area contributed by atoms with E-state index < -0.39 is 5.97 Å². The maximum absolute atomic E-state index is 11.8. The van der Waals surface area contributed by atoms with Gasteiger partial charge in [0.2, 0.25) is 5.91 Å². The molecule has 1 unspecified atom stereocenters. The van der Waals surface area contributed by atoms with Crippen LogP contribution >= 0.6 is 11.3 Å². The van der Waals surface area contributed by atoms with Crippen LogP contribution in [-0.2, 0) is 11.3 Å². The molecule has 2 rings (SSSR count). The lowest BCUT2D eigenvalue weighted by Crippen LogP contribution is -2.30. The monoisotopic (exact) mass is 295 g/mol. The zero-order valence-electron chi connectivity index (χ0n) is 10.9. The standard InChI is InChI=1S/C11H13N5O3S/c1-6-3-12-10(20-6)7(2)13-9(17)5-16-4-8(11(18)19)14-15-16/h3-4,7H,5H2,1-2H3,(H,13,17)(H,18,19). The number of thiazole rings is 1. The second-order valence-corrected chi connectivity index (χ2v) is 5.47. The third-order valence-electron chi connectivity index (χ3n) is 2.45. The van der Waals surface area contributed by atoms with Gasteiger partial charge in [0.15, 0.2) is 5.69 Å². The molecular formula is C11H13N5O3S. The van der Waals surface area contributed by atoms with Crippen molar-refractivity contribution in [3.63, 3.8) is 0 Å². The minimum atomic E-state index is -1.18. The van der Waals surface area contributed by atoms with E-state index in [-0.39, 0.29) is 24.2 Å². The molecule has 2 aromatic heterocycles. The maximum atomic E-state index is 11.8. The van der Waals surface area contributed by atoms with E-state index in [0.29, 0.717) is 0 Å². The van der Waals surface area contributed by atoms with Crippen LogP contribution in [0.1, 0.15) is 33.3 Å². The fraction of sp³-hybridized carbons (Fsp3) is 0.364. The maximum Gasteiger partial charge on any atom is 0.358 e. The minimum Gasteiger partial charge on any atom is -0.476 e. The number of amides is 1. The van der Waals surface area contributed by atoms with Crippen molar-refractivity contribution in [3.8, 4) is 0 Å². The normalized spacial score (nSPS) is 12.1. The third-order valence-corrected chi connectivity index (χ3v) is 3.55. The molecule has 0 radical (unpaired) electrons. The number of carbonyl (C=O) groups is 2. The molecule has 1 atom stereocenters. The molecule has 106 valence electrons. The van der Waals surface area contributed by atoms with Gasteiger partial charge in [-0.2, -0.15) is 0 Å². The summed E-state index contributed by atoms with van der Waals surface area (Å²) in [6, 6.07) is -0.205. The number of aryl methyl sites for hydroxylation is 1. The number of carboxylic acids is 1. The summed E-state index contributed by atoms with van der Waals surface area (Å²) in [5, 5.41) is 19.3. The SMILES string of the molecule is Cc1cnc(C(C)NC(=O)Cn2cc(C(=O)O)nn2)s1. The van der Waals surface area contributed by atoms with E-state index >= 15 is 0 Å². The number of hydrogen-bond acceptors (Lipinski definition) is 6. The summed E-state index contributed by atoms with van der Waals surface area (Å²) in [7, 11) is 0. The fourth-order valence-electron chi connectivity index (χ4n) is 1.54. The number of hydrogen-bond donors (Lipinski definition) is 2. The summed E-state index contributed by atoms with van der Waals surface area (Å²) in [5.74, 6) is -1.46. The number of nitrogens with one attached hydrogen (secondary N) is 1. The molecule has 1 amide bonds. The molecule has 0 fully saturated rings. The summed E-state index contributed by atoms with van der Waals surface area (Å²) in [6.45, 7) is 3.69. The Morgan fingerprint density at radius 2 is 2.30 bits per heavy atom. The van der Waals surface area contributed by atoms with Crippen LogP contribution in [0.4, 0.5) is 0 Å². The quantitative estimate of drug-likeness (QED) is 0.836. The first kappa shape index (κ1) is 14.1. The highest BCUT2D eigenvalue weighted by Gasteiger charge is 2.14. The zero-order valence-corrected chi connectivity index (χ0v) is 11.7. The molecule has 0 spiro atoms. The first-order valence-corrected chi connectivity index (χ1v) is 6.62.